The minimum atomic E-state index is 0.425. The van der Waals surface area contributed by atoms with E-state index in [0.717, 1.165) is 38.3 Å². The van der Waals surface area contributed by atoms with Gasteiger partial charge in [0.05, 0.1) is 11.8 Å². The second kappa shape index (κ2) is 4.28. The van der Waals surface area contributed by atoms with Crippen LogP contribution in [0.4, 0.5) is 0 Å². The summed E-state index contributed by atoms with van der Waals surface area (Å²) in [6, 6.07) is 0.425. The predicted molar refractivity (Wildman–Crippen MR) is 55.9 cm³/mol. The molecule has 0 radical (unpaired) electrons. The third kappa shape index (κ3) is 1.91. The number of hydrogen-bond acceptors (Lipinski definition) is 4. The van der Waals surface area contributed by atoms with Gasteiger partial charge in [0.1, 0.15) is 0 Å². The molecule has 80 valence electrons. The number of oxime groups is 1. The highest BCUT2D eigenvalue weighted by Crippen LogP contribution is 2.22. The zero-order valence-corrected chi connectivity index (χ0v) is 8.82. The fourth-order valence-corrected chi connectivity index (χ4v) is 2.45. The van der Waals surface area contributed by atoms with Gasteiger partial charge in [0.2, 0.25) is 0 Å². The SMILES string of the molecule is CN1CCN(C2CCCC2=NO)CC1. The van der Waals surface area contributed by atoms with Gasteiger partial charge < -0.3 is 10.1 Å². The molecule has 1 N–H and O–H groups in total. The minimum absolute atomic E-state index is 0.425. The zero-order valence-electron chi connectivity index (χ0n) is 8.82. The van der Waals surface area contributed by atoms with Crippen LogP contribution in [0.5, 0.6) is 0 Å². The average Bonchev–Trinajstić information content (AvgIpc) is 2.67. The van der Waals surface area contributed by atoms with Crippen molar-refractivity contribution in [3.8, 4) is 0 Å². The molecule has 1 saturated carbocycles. The van der Waals surface area contributed by atoms with Crippen molar-refractivity contribution in [3.05, 3.63) is 0 Å². The highest BCUT2D eigenvalue weighted by atomic mass is 16.4. The van der Waals surface area contributed by atoms with E-state index in [1.165, 1.54) is 12.8 Å². The van der Waals surface area contributed by atoms with Crippen molar-refractivity contribution in [1.29, 1.82) is 0 Å². The molecule has 1 heterocycles. The molecule has 1 saturated heterocycles. The van der Waals surface area contributed by atoms with E-state index < -0.39 is 0 Å². The summed E-state index contributed by atoms with van der Waals surface area (Å²) in [5, 5.41) is 12.3. The Balaban J connectivity index is 1.94. The molecule has 4 nitrogen and oxygen atoms in total. The largest absolute Gasteiger partial charge is 0.411 e. The van der Waals surface area contributed by atoms with Crippen LogP contribution in [0.1, 0.15) is 19.3 Å². The van der Waals surface area contributed by atoms with Crippen LogP contribution >= 0.6 is 0 Å². The van der Waals surface area contributed by atoms with E-state index in [0.29, 0.717) is 6.04 Å². The molecule has 0 aromatic carbocycles. The first-order valence-corrected chi connectivity index (χ1v) is 5.44. The molecule has 2 rings (SSSR count). The molecule has 2 aliphatic rings. The zero-order chi connectivity index (χ0) is 9.97. The van der Waals surface area contributed by atoms with E-state index in [2.05, 4.69) is 22.0 Å². The summed E-state index contributed by atoms with van der Waals surface area (Å²) in [6.07, 6.45) is 3.33. The number of piperazine rings is 1. The Bertz CT molecular complexity index is 221. The Kier molecular flexibility index (Phi) is 3.03. The highest BCUT2D eigenvalue weighted by Gasteiger charge is 2.30. The molecule has 1 unspecified atom stereocenters. The summed E-state index contributed by atoms with van der Waals surface area (Å²) in [4.78, 5) is 4.81. The molecule has 4 heteroatoms. The van der Waals surface area contributed by atoms with E-state index in [9.17, 15) is 0 Å². The van der Waals surface area contributed by atoms with Crippen molar-refractivity contribution in [2.75, 3.05) is 33.2 Å². The van der Waals surface area contributed by atoms with E-state index >= 15 is 0 Å². The molecule has 0 bridgehead atoms. The van der Waals surface area contributed by atoms with E-state index in [1.54, 1.807) is 0 Å². The molecular weight excluding hydrogens is 178 g/mol. The summed E-state index contributed by atoms with van der Waals surface area (Å²) < 4.78 is 0. The van der Waals surface area contributed by atoms with Crippen LogP contribution in [0.2, 0.25) is 0 Å². The summed E-state index contributed by atoms with van der Waals surface area (Å²) in [5.74, 6) is 0. The second-order valence-corrected chi connectivity index (χ2v) is 4.34. The monoisotopic (exact) mass is 197 g/mol. The third-order valence-electron chi connectivity index (χ3n) is 3.40. The van der Waals surface area contributed by atoms with Crippen LogP contribution in [0.15, 0.2) is 5.16 Å². The molecule has 1 aliphatic heterocycles. The molecule has 1 aliphatic carbocycles. The predicted octanol–water partition coefficient (Wildman–Crippen LogP) is 0.616. The molecule has 0 amide bonds. The first-order valence-electron chi connectivity index (χ1n) is 5.44. The van der Waals surface area contributed by atoms with Gasteiger partial charge in [0.25, 0.3) is 0 Å². The Hall–Kier alpha value is -0.610. The number of nitrogens with zero attached hydrogens (tertiary/aromatic N) is 3. The van der Waals surface area contributed by atoms with Crippen molar-refractivity contribution < 1.29 is 5.21 Å². The Morgan fingerprint density at radius 2 is 2.00 bits per heavy atom. The molecule has 2 fully saturated rings. The molecule has 0 spiro atoms. The van der Waals surface area contributed by atoms with E-state index in [-0.39, 0.29) is 0 Å². The van der Waals surface area contributed by atoms with Gasteiger partial charge in [-0.05, 0) is 26.3 Å². The van der Waals surface area contributed by atoms with Crippen molar-refractivity contribution in [2.45, 2.75) is 25.3 Å². The molecule has 14 heavy (non-hydrogen) atoms. The standard InChI is InChI=1S/C10H19N3O/c1-12-5-7-13(8-6-12)10-4-2-3-9(10)11-14/h10,14H,2-8H2,1H3. The topological polar surface area (TPSA) is 39.1 Å². The summed E-state index contributed by atoms with van der Waals surface area (Å²) in [5.41, 5.74) is 0.995. The lowest BCUT2D eigenvalue weighted by Crippen LogP contribution is -2.50. The highest BCUT2D eigenvalue weighted by molar-refractivity contribution is 5.90. The van der Waals surface area contributed by atoms with Crippen LogP contribution in [0.25, 0.3) is 0 Å². The summed E-state index contributed by atoms with van der Waals surface area (Å²) >= 11 is 0. The van der Waals surface area contributed by atoms with Crippen LogP contribution in [0.3, 0.4) is 0 Å². The van der Waals surface area contributed by atoms with Crippen LogP contribution in [0, 0.1) is 0 Å². The maximum absolute atomic E-state index is 8.87. The quantitative estimate of drug-likeness (QED) is 0.494. The lowest BCUT2D eigenvalue weighted by molar-refractivity contribution is 0.135. The lowest BCUT2D eigenvalue weighted by Gasteiger charge is -2.36. The Morgan fingerprint density at radius 1 is 1.29 bits per heavy atom. The summed E-state index contributed by atoms with van der Waals surface area (Å²) in [6.45, 7) is 4.49. The van der Waals surface area contributed by atoms with Gasteiger partial charge in [-0.1, -0.05) is 5.16 Å². The van der Waals surface area contributed by atoms with Crippen molar-refractivity contribution in [2.24, 2.45) is 5.16 Å². The smallest absolute Gasteiger partial charge is 0.0742 e. The lowest BCUT2D eigenvalue weighted by atomic mass is 10.1. The number of rotatable bonds is 1. The first-order chi connectivity index (χ1) is 6.81. The maximum Gasteiger partial charge on any atom is 0.0742 e. The van der Waals surface area contributed by atoms with Crippen LogP contribution < -0.4 is 0 Å². The average molecular weight is 197 g/mol. The number of hydrogen-bond donors (Lipinski definition) is 1. The third-order valence-corrected chi connectivity index (χ3v) is 3.40. The van der Waals surface area contributed by atoms with Gasteiger partial charge in [-0.15, -0.1) is 0 Å². The van der Waals surface area contributed by atoms with Gasteiger partial charge in [0.15, 0.2) is 0 Å². The molecule has 0 aromatic heterocycles. The van der Waals surface area contributed by atoms with Gasteiger partial charge in [-0.2, -0.15) is 0 Å². The number of likely N-dealkylation sites (N-methyl/N-ethyl adjacent to an activating group) is 1. The van der Waals surface area contributed by atoms with Gasteiger partial charge in [-0.25, -0.2) is 0 Å². The molecule has 0 aromatic rings. The van der Waals surface area contributed by atoms with Crippen molar-refractivity contribution >= 4 is 5.71 Å². The minimum Gasteiger partial charge on any atom is -0.411 e. The Morgan fingerprint density at radius 3 is 2.64 bits per heavy atom. The van der Waals surface area contributed by atoms with Gasteiger partial charge in [-0.3, -0.25) is 4.90 Å². The Labute approximate surface area is 85.2 Å². The van der Waals surface area contributed by atoms with Crippen molar-refractivity contribution in [1.82, 2.24) is 9.80 Å². The molecule has 1 atom stereocenters. The maximum atomic E-state index is 8.87. The summed E-state index contributed by atoms with van der Waals surface area (Å²) in [7, 11) is 2.16. The van der Waals surface area contributed by atoms with Crippen LogP contribution in [-0.4, -0.2) is 60.0 Å². The van der Waals surface area contributed by atoms with Gasteiger partial charge >= 0.3 is 0 Å². The van der Waals surface area contributed by atoms with Crippen molar-refractivity contribution in [3.63, 3.8) is 0 Å². The van der Waals surface area contributed by atoms with Gasteiger partial charge in [0, 0.05) is 26.2 Å². The fourth-order valence-electron chi connectivity index (χ4n) is 2.45. The second-order valence-electron chi connectivity index (χ2n) is 4.34. The van der Waals surface area contributed by atoms with E-state index in [4.69, 9.17) is 5.21 Å². The normalized spacial score (nSPS) is 34.1. The fraction of sp³-hybridized carbons (Fsp3) is 0.900. The van der Waals surface area contributed by atoms with E-state index in [1.807, 2.05) is 0 Å². The first kappa shape index (κ1) is 9.93. The van der Waals surface area contributed by atoms with Crippen LogP contribution in [-0.2, 0) is 0 Å². The molecular formula is C10H19N3O.